The highest BCUT2D eigenvalue weighted by atomic mass is 35.5. The van der Waals surface area contributed by atoms with Crippen molar-refractivity contribution < 1.29 is 17.9 Å². The van der Waals surface area contributed by atoms with Gasteiger partial charge >= 0.3 is 0 Å². The van der Waals surface area contributed by atoms with E-state index < -0.39 is 16.1 Å². The molecule has 0 aliphatic carbocycles. The number of sulfonamides is 1. The van der Waals surface area contributed by atoms with Gasteiger partial charge in [-0.2, -0.15) is 4.31 Å². The van der Waals surface area contributed by atoms with E-state index in [-0.39, 0.29) is 29.0 Å². The first-order valence-corrected chi connectivity index (χ1v) is 9.05. The fourth-order valence-electron chi connectivity index (χ4n) is 2.46. The molecule has 1 amide bonds. The molecule has 2 rings (SSSR count). The van der Waals surface area contributed by atoms with Gasteiger partial charge in [0.05, 0.1) is 13.2 Å². The third-order valence-electron chi connectivity index (χ3n) is 3.78. The number of hydrogen-bond acceptors (Lipinski definition) is 5. The van der Waals surface area contributed by atoms with E-state index >= 15 is 0 Å². The van der Waals surface area contributed by atoms with Crippen molar-refractivity contribution in [2.45, 2.75) is 37.1 Å². The van der Waals surface area contributed by atoms with Crippen molar-refractivity contribution >= 4 is 34.0 Å². The summed E-state index contributed by atoms with van der Waals surface area (Å²) in [5.74, 6) is -0.120. The van der Waals surface area contributed by atoms with Crippen LogP contribution in [-0.4, -0.2) is 44.9 Å². The van der Waals surface area contributed by atoms with E-state index in [0.29, 0.717) is 18.8 Å². The number of nitrogens with one attached hydrogen (secondary N) is 1. The number of ether oxygens (including phenoxy) is 1. The van der Waals surface area contributed by atoms with Gasteiger partial charge < -0.3 is 15.8 Å². The van der Waals surface area contributed by atoms with Gasteiger partial charge in [-0.1, -0.05) is 6.42 Å². The van der Waals surface area contributed by atoms with Gasteiger partial charge in [-0.25, -0.2) is 8.42 Å². The maximum Gasteiger partial charge on any atom is 0.246 e. The number of piperidine rings is 1. The summed E-state index contributed by atoms with van der Waals surface area (Å²) >= 11 is 0. The Morgan fingerprint density at radius 1 is 1.29 bits per heavy atom. The lowest BCUT2D eigenvalue weighted by Gasteiger charge is -2.26. The van der Waals surface area contributed by atoms with Crippen LogP contribution in [0.15, 0.2) is 23.1 Å². The molecule has 0 spiro atoms. The van der Waals surface area contributed by atoms with Crippen molar-refractivity contribution in [3.05, 3.63) is 18.2 Å². The SMILES string of the molecule is COc1ccc(NC(=O)C(C)N)cc1S(=O)(=O)N1CCCCC1.Cl. The summed E-state index contributed by atoms with van der Waals surface area (Å²) in [7, 11) is -2.24. The Bertz CT molecular complexity index is 673. The summed E-state index contributed by atoms with van der Waals surface area (Å²) in [5, 5.41) is 2.61. The first-order chi connectivity index (χ1) is 10.9. The monoisotopic (exact) mass is 377 g/mol. The highest BCUT2D eigenvalue weighted by molar-refractivity contribution is 7.89. The number of benzene rings is 1. The predicted octanol–water partition coefficient (Wildman–Crippen LogP) is 1.58. The van der Waals surface area contributed by atoms with Crippen LogP contribution >= 0.6 is 12.4 Å². The van der Waals surface area contributed by atoms with Gasteiger partial charge in [0, 0.05) is 18.8 Å². The first kappa shape index (κ1) is 20.7. The Morgan fingerprint density at radius 3 is 2.46 bits per heavy atom. The number of carbonyl (C=O) groups excluding carboxylic acids is 1. The number of rotatable bonds is 5. The Balaban J connectivity index is 0.00000288. The van der Waals surface area contributed by atoms with Crippen molar-refractivity contribution in [1.82, 2.24) is 4.31 Å². The lowest BCUT2D eigenvalue weighted by Crippen LogP contribution is -2.36. The van der Waals surface area contributed by atoms with Crippen LogP contribution in [0, 0.1) is 0 Å². The molecule has 3 N–H and O–H groups in total. The van der Waals surface area contributed by atoms with Crippen LogP contribution in [0.4, 0.5) is 5.69 Å². The lowest BCUT2D eigenvalue weighted by molar-refractivity contribution is -0.117. The van der Waals surface area contributed by atoms with Crippen molar-refractivity contribution in [3.8, 4) is 5.75 Å². The van der Waals surface area contributed by atoms with E-state index in [1.54, 1.807) is 13.0 Å². The van der Waals surface area contributed by atoms with Crippen molar-refractivity contribution in [1.29, 1.82) is 0 Å². The number of methoxy groups -OCH3 is 1. The molecule has 0 radical (unpaired) electrons. The number of carbonyl (C=O) groups is 1. The zero-order valence-corrected chi connectivity index (χ0v) is 15.5. The van der Waals surface area contributed by atoms with E-state index in [1.807, 2.05) is 0 Å². The standard InChI is InChI=1S/C15H23N3O4S.ClH/c1-11(16)15(19)17-12-6-7-13(22-2)14(10-12)23(20,21)18-8-4-3-5-9-18;/h6-7,10-11H,3-5,8-9,16H2,1-2H3,(H,17,19);1H. The summed E-state index contributed by atoms with van der Waals surface area (Å²) in [5.41, 5.74) is 5.90. The smallest absolute Gasteiger partial charge is 0.246 e. The quantitative estimate of drug-likeness (QED) is 0.811. The molecule has 7 nitrogen and oxygen atoms in total. The highest BCUT2D eigenvalue weighted by Gasteiger charge is 2.29. The van der Waals surface area contributed by atoms with Crippen LogP contribution < -0.4 is 15.8 Å². The molecule has 0 saturated carbocycles. The Hall–Kier alpha value is -1.35. The molecule has 0 aromatic heterocycles. The molecule has 1 aliphatic heterocycles. The van der Waals surface area contributed by atoms with Gasteiger partial charge in [0.15, 0.2) is 0 Å². The minimum Gasteiger partial charge on any atom is -0.495 e. The molecule has 0 bridgehead atoms. The number of anilines is 1. The molecular weight excluding hydrogens is 354 g/mol. The molecule has 136 valence electrons. The van der Waals surface area contributed by atoms with Crippen LogP contribution in [0.5, 0.6) is 5.75 Å². The van der Waals surface area contributed by atoms with Gasteiger partial charge in [0.25, 0.3) is 0 Å². The average Bonchev–Trinajstić information content (AvgIpc) is 2.55. The topological polar surface area (TPSA) is 102 Å². The zero-order chi connectivity index (χ0) is 17.0. The third kappa shape index (κ3) is 4.60. The maximum absolute atomic E-state index is 12.8. The minimum atomic E-state index is -3.66. The summed E-state index contributed by atoms with van der Waals surface area (Å²) < 4.78 is 32.3. The number of hydrogen-bond donors (Lipinski definition) is 2. The summed E-state index contributed by atoms with van der Waals surface area (Å²) in [6, 6.07) is 3.87. The minimum absolute atomic E-state index is 0. The number of nitrogens with zero attached hydrogens (tertiary/aromatic N) is 1. The molecule has 1 unspecified atom stereocenters. The number of amides is 1. The van der Waals surface area contributed by atoms with Crippen LogP contribution in [-0.2, 0) is 14.8 Å². The second-order valence-corrected chi connectivity index (χ2v) is 7.51. The third-order valence-corrected chi connectivity index (χ3v) is 5.70. The molecule has 1 saturated heterocycles. The normalized spacial score (nSPS) is 16.8. The maximum atomic E-state index is 12.8. The van der Waals surface area contributed by atoms with Gasteiger partial charge in [-0.3, -0.25) is 4.79 Å². The highest BCUT2D eigenvalue weighted by Crippen LogP contribution is 2.31. The van der Waals surface area contributed by atoms with Crippen LogP contribution in [0.1, 0.15) is 26.2 Å². The molecule has 1 aliphatic rings. The van der Waals surface area contributed by atoms with Crippen LogP contribution in [0.2, 0.25) is 0 Å². The number of halogens is 1. The Kier molecular flexibility index (Phi) is 7.47. The van der Waals surface area contributed by atoms with Crippen LogP contribution in [0.25, 0.3) is 0 Å². The summed E-state index contributed by atoms with van der Waals surface area (Å²) in [6.07, 6.45) is 2.74. The molecule has 1 aromatic rings. The Morgan fingerprint density at radius 2 is 1.92 bits per heavy atom. The molecule has 24 heavy (non-hydrogen) atoms. The van der Waals surface area contributed by atoms with E-state index in [9.17, 15) is 13.2 Å². The molecule has 1 fully saturated rings. The summed E-state index contributed by atoms with van der Waals surface area (Å²) in [4.78, 5) is 11.8. The van der Waals surface area contributed by atoms with Crippen molar-refractivity contribution in [3.63, 3.8) is 0 Å². The Labute approximate surface area is 149 Å². The van der Waals surface area contributed by atoms with Crippen LogP contribution in [0.3, 0.4) is 0 Å². The van der Waals surface area contributed by atoms with Crippen molar-refractivity contribution in [2.75, 3.05) is 25.5 Å². The fourth-order valence-corrected chi connectivity index (χ4v) is 4.16. The molecular formula is C15H24ClN3O4S. The largest absolute Gasteiger partial charge is 0.495 e. The van der Waals surface area contributed by atoms with E-state index in [2.05, 4.69) is 5.32 Å². The molecule has 1 heterocycles. The summed E-state index contributed by atoms with van der Waals surface area (Å²) in [6.45, 7) is 2.56. The van der Waals surface area contributed by atoms with Gasteiger partial charge in [-0.15, -0.1) is 12.4 Å². The fraction of sp³-hybridized carbons (Fsp3) is 0.533. The van der Waals surface area contributed by atoms with Gasteiger partial charge in [-0.05, 0) is 38.0 Å². The van der Waals surface area contributed by atoms with Gasteiger partial charge in [0.2, 0.25) is 15.9 Å². The second-order valence-electron chi connectivity index (χ2n) is 5.61. The van der Waals surface area contributed by atoms with Gasteiger partial charge in [0.1, 0.15) is 10.6 Å². The van der Waals surface area contributed by atoms with E-state index in [4.69, 9.17) is 10.5 Å². The predicted molar refractivity (Wildman–Crippen MR) is 95.1 cm³/mol. The van der Waals surface area contributed by atoms with Crippen molar-refractivity contribution in [2.24, 2.45) is 5.73 Å². The molecule has 1 atom stereocenters. The van der Waals surface area contributed by atoms with E-state index in [0.717, 1.165) is 19.3 Å². The molecule has 1 aromatic carbocycles. The average molecular weight is 378 g/mol. The second kappa shape index (κ2) is 8.66. The van der Waals surface area contributed by atoms with E-state index in [1.165, 1.54) is 23.5 Å². The lowest BCUT2D eigenvalue weighted by atomic mass is 10.2. The first-order valence-electron chi connectivity index (χ1n) is 7.61. The number of nitrogens with two attached hydrogens (primary N) is 1. The zero-order valence-electron chi connectivity index (χ0n) is 13.8. The molecule has 9 heteroatoms.